The Morgan fingerprint density at radius 2 is 2.67 bits per heavy atom. The van der Waals surface area contributed by atoms with Crippen LogP contribution in [-0.2, 0) is 4.79 Å². The molecule has 0 aliphatic heterocycles. The van der Waals surface area contributed by atoms with Crippen LogP contribution in [-0.4, -0.2) is 13.1 Å². The van der Waals surface area contributed by atoms with Crippen LogP contribution in [0.1, 0.15) is 0 Å². The third-order valence-electron chi connectivity index (χ3n) is 0.254. The van der Waals surface area contributed by atoms with Gasteiger partial charge in [-0.3, -0.25) is 4.79 Å². The number of amides is 1. The Balaban J connectivity index is 2.66. The molecule has 0 rings (SSSR count). The SMILES string of the molecule is N=NCNC=O. The molecule has 0 aromatic rings. The van der Waals surface area contributed by atoms with Gasteiger partial charge in [-0.2, -0.15) is 5.11 Å². The molecule has 34 valence electrons. The molecule has 0 aromatic carbocycles. The Hall–Kier alpha value is -0.930. The lowest BCUT2D eigenvalue weighted by Gasteiger charge is -1.80. The van der Waals surface area contributed by atoms with Crippen LogP contribution in [0, 0.1) is 5.53 Å². The summed E-state index contributed by atoms with van der Waals surface area (Å²) in [5.74, 6) is 0. The van der Waals surface area contributed by atoms with Crippen LogP contribution in [0.5, 0.6) is 0 Å². The van der Waals surface area contributed by atoms with Crippen molar-refractivity contribution < 1.29 is 4.79 Å². The predicted molar refractivity (Wildman–Crippen MR) is 19.2 cm³/mol. The highest BCUT2D eigenvalue weighted by Crippen LogP contribution is 1.50. The molecule has 0 saturated carbocycles. The van der Waals surface area contributed by atoms with Gasteiger partial charge >= 0.3 is 0 Å². The van der Waals surface area contributed by atoms with Crippen LogP contribution < -0.4 is 5.32 Å². The molecule has 6 heavy (non-hydrogen) atoms. The van der Waals surface area contributed by atoms with E-state index in [4.69, 9.17) is 5.53 Å². The summed E-state index contributed by atoms with van der Waals surface area (Å²) in [5, 5.41) is 5.00. The Morgan fingerprint density at radius 3 is 2.83 bits per heavy atom. The summed E-state index contributed by atoms with van der Waals surface area (Å²) in [4.78, 5) is 9.31. The number of nitrogens with one attached hydrogen (secondary N) is 2. The Morgan fingerprint density at radius 1 is 2.00 bits per heavy atom. The largest absolute Gasteiger partial charge is 0.338 e. The fourth-order valence-electron chi connectivity index (χ4n) is 0.0829. The van der Waals surface area contributed by atoms with Crippen molar-refractivity contribution in [3.63, 3.8) is 0 Å². The summed E-state index contributed by atoms with van der Waals surface area (Å²) >= 11 is 0. The lowest BCUT2D eigenvalue weighted by molar-refractivity contribution is -0.109. The molecule has 1 amide bonds. The van der Waals surface area contributed by atoms with Gasteiger partial charge in [0.15, 0.2) is 0 Å². The predicted octanol–water partition coefficient (Wildman–Crippen LogP) is -0.279. The quantitative estimate of drug-likeness (QED) is 0.277. The Labute approximate surface area is 35.1 Å². The summed E-state index contributed by atoms with van der Waals surface area (Å²) < 4.78 is 0. The summed E-state index contributed by atoms with van der Waals surface area (Å²) in [6.07, 6.45) is 0.498. The summed E-state index contributed by atoms with van der Waals surface area (Å²) in [6, 6.07) is 0. The Kier molecular flexibility index (Phi) is 3.44. The van der Waals surface area contributed by atoms with E-state index in [-0.39, 0.29) is 6.67 Å². The van der Waals surface area contributed by atoms with Crippen molar-refractivity contribution in [2.24, 2.45) is 5.11 Å². The molecule has 4 nitrogen and oxygen atoms in total. The highest BCUT2D eigenvalue weighted by atomic mass is 16.1. The van der Waals surface area contributed by atoms with Gasteiger partial charge in [-0.05, 0) is 0 Å². The van der Waals surface area contributed by atoms with Gasteiger partial charge in [0.2, 0.25) is 6.41 Å². The van der Waals surface area contributed by atoms with E-state index in [9.17, 15) is 4.79 Å². The van der Waals surface area contributed by atoms with Gasteiger partial charge in [0, 0.05) is 0 Å². The lowest BCUT2D eigenvalue weighted by Crippen LogP contribution is -2.08. The zero-order valence-corrected chi connectivity index (χ0v) is 3.14. The second kappa shape index (κ2) is 4.07. The van der Waals surface area contributed by atoms with Crippen molar-refractivity contribution in [2.75, 3.05) is 6.67 Å². The van der Waals surface area contributed by atoms with Crippen LogP contribution in [0.3, 0.4) is 0 Å². The molecular weight excluding hydrogens is 82.0 g/mol. The molecule has 0 atom stereocenters. The lowest BCUT2D eigenvalue weighted by atomic mass is 11.1. The Bertz CT molecular complexity index is 44.8. The van der Waals surface area contributed by atoms with Gasteiger partial charge in [-0.15, -0.1) is 0 Å². The molecule has 0 aliphatic carbocycles. The first kappa shape index (κ1) is 5.07. The molecule has 0 aliphatic rings. The molecule has 0 aromatic heterocycles. The summed E-state index contributed by atoms with van der Waals surface area (Å²) in [5.41, 5.74) is 6.11. The van der Waals surface area contributed by atoms with Crippen molar-refractivity contribution in [1.29, 1.82) is 5.53 Å². The minimum atomic E-state index is 0.0868. The number of carbonyl (C=O) groups excluding carboxylic acids is 1. The normalized spacial score (nSPS) is 6.67. The highest BCUT2D eigenvalue weighted by Gasteiger charge is 1.65. The maximum absolute atomic E-state index is 9.31. The molecular formula is C2H5N3O. The third-order valence-corrected chi connectivity index (χ3v) is 0.254. The molecule has 0 spiro atoms. The van der Waals surface area contributed by atoms with Gasteiger partial charge in [-0.1, -0.05) is 0 Å². The van der Waals surface area contributed by atoms with E-state index in [0.29, 0.717) is 6.41 Å². The third kappa shape index (κ3) is 3.07. The van der Waals surface area contributed by atoms with Crippen LogP contribution in [0.25, 0.3) is 0 Å². The number of rotatable bonds is 3. The molecule has 2 N–H and O–H groups in total. The summed E-state index contributed by atoms with van der Waals surface area (Å²) in [6.45, 7) is 0.0868. The maximum atomic E-state index is 9.31. The zero-order valence-electron chi connectivity index (χ0n) is 3.14. The van der Waals surface area contributed by atoms with Gasteiger partial charge < -0.3 is 5.32 Å². The average Bonchev–Trinajstić information content (AvgIpc) is 1.61. The molecule has 0 unspecified atom stereocenters. The summed E-state index contributed by atoms with van der Waals surface area (Å²) in [7, 11) is 0. The minimum absolute atomic E-state index is 0.0868. The monoisotopic (exact) mass is 87.0 g/mol. The van der Waals surface area contributed by atoms with Crippen LogP contribution in [0.2, 0.25) is 0 Å². The van der Waals surface area contributed by atoms with E-state index >= 15 is 0 Å². The topological polar surface area (TPSA) is 65.3 Å². The van der Waals surface area contributed by atoms with Gasteiger partial charge in [-0.25, -0.2) is 5.53 Å². The van der Waals surface area contributed by atoms with Gasteiger partial charge in [0.25, 0.3) is 0 Å². The van der Waals surface area contributed by atoms with E-state index in [1.807, 2.05) is 0 Å². The van der Waals surface area contributed by atoms with Crippen LogP contribution in [0.15, 0.2) is 5.11 Å². The van der Waals surface area contributed by atoms with E-state index < -0.39 is 0 Å². The van der Waals surface area contributed by atoms with Gasteiger partial charge in [0.1, 0.15) is 6.67 Å². The van der Waals surface area contributed by atoms with Crippen molar-refractivity contribution in [3.8, 4) is 0 Å². The highest BCUT2D eigenvalue weighted by molar-refractivity contribution is 5.45. The minimum Gasteiger partial charge on any atom is -0.338 e. The number of hydrogen-bond acceptors (Lipinski definition) is 3. The number of carbonyl (C=O) groups is 1. The zero-order chi connectivity index (χ0) is 4.83. The van der Waals surface area contributed by atoms with Crippen molar-refractivity contribution >= 4 is 6.41 Å². The van der Waals surface area contributed by atoms with Crippen LogP contribution >= 0.6 is 0 Å². The molecule has 0 saturated heterocycles. The molecule has 0 heterocycles. The average molecular weight is 87.1 g/mol. The standard InChI is InChI=1S/C2H5N3O/c3-5-1-4-2-6/h2-3H,1H2,(H,4,6). The van der Waals surface area contributed by atoms with Crippen molar-refractivity contribution in [2.45, 2.75) is 0 Å². The molecule has 4 heteroatoms. The molecule has 0 radical (unpaired) electrons. The smallest absolute Gasteiger partial charge is 0.208 e. The first-order valence-corrected chi connectivity index (χ1v) is 1.42. The second-order valence-electron chi connectivity index (χ2n) is 0.638. The fraction of sp³-hybridized carbons (Fsp3) is 0.500. The first-order valence-electron chi connectivity index (χ1n) is 1.42. The van der Waals surface area contributed by atoms with E-state index in [2.05, 4.69) is 10.4 Å². The van der Waals surface area contributed by atoms with E-state index in [1.54, 1.807) is 0 Å². The fourth-order valence-corrected chi connectivity index (χ4v) is 0.0829. The van der Waals surface area contributed by atoms with Crippen LogP contribution in [0.4, 0.5) is 0 Å². The van der Waals surface area contributed by atoms with Gasteiger partial charge in [0.05, 0.1) is 0 Å². The maximum Gasteiger partial charge on any atom is 0.208 e. The second-order valence-corrected chi connectivity index (χ2v) is 0.638. The first-order chi connectivity index (χ1) is 2.91. The van der Waals surface area contributed by atoms with Crippen molar-refractivity contribution in [1.82, 2.24) is 5.32 Å². The van der Waals surface area contributed by atoms with E-state index in [0.717, 1.165) is 0 Å². The number of nitrogens with zero attached hydrogens (tertiary/aromatic N) is 1. The van der Waals surface area contributed by atoms with Crippen molar-refractivity contribution in [3.05, 3.63) is 0 Å². The van der Waals surface area contributed by atoms with E-state index in [1.165, 1.54) is 0 Å². The molecule has 0 bridgehead atoms. The number of hydrogen-bond donors (Lipinski definition) is 2. The molecule has 0 fully saturated rings.